The van der Waals surface area contributed by atoms with E-state index in [0.29, 0.717) is 5.56 Å². The van der Waals surface area contributed by atoms with Gasteiger partial charge in [0, 0.05) is 5.56 Å². The normalized spacial score (nSPS) is 18.6. The van der Waals surface area contributed by atoms with Crippen molar-refractivity contribution in [3.8, 4) is 5.75 Å². The number of methoxy groups -OCH3 is 1. The SMILES string of the molecule is CCC=CC1OC(=O)c2ccc(OC)cc21. The molecule has 0 saturated carbocycles. The number of cyclic esters (lactones) is 1. The summed E-state index contributed by atoms with van der Waals surface area (Å²) < 4.78 is 10.4. The van der Waals surface area contributed by atoms with Crippen LogP contribution in [0.2, 0.25) is 0 Å². The summed E-state index contributed by atoms with van der Waals surface area (Å²) in [4.78, 5) is 11.5. The Morgan fingerprint density at radius 3 is 3.00 bits per heavy atom. The number of carbonyl (C=O) groups is 1. The molecule has 3 heteroatoms. The van der Waals surface area contributed by atoms with E-state index in [1.807, 2.05) is 25.1 Å². The first-order chi connectivity index (χ1) is 7.76. The minimum absolute atomic E-state index is 0.261. The smallest absolute Gasteiger partial charge is 0.339 e. The Hall–Kier alpha value is -1.77. The molecule has 1 aliphatic rings. The summed E-state index contributed by atoms with van der Waals surface area (Å²) in [7, 11) is 1.61. The first-order valence-corrected chi connectivity index (χ1v) is 5.32. The van der Waals surface area contributed by atoms with Crippen molar-refractivity contribution in [2.24, 2.45) is 0 Å². The zero-order chi connectivity index (χ0) is 11.5. The summed E-state index contributed by atoms with van der Waals surface area (Å²) in [6, 6.07) is 5.37. The third-order valence-corrected chi connectivity index (χ3v) is 2.57. The number of rotatable bonds is 3. The minimum atomic E-state index is -0.266. The van der Waals surface area contributed by atoms with Gasteiger partial charge in [0.05, 0.1) is 12.7 Å². The van der Waals surface area contributed by atoms with E-state index in [9.17, 15) is 4.79 Å². The summed E-state index contributed by atoms with van der Waals surface area (Å²) in [5.41, 5.74) is 1.51. The third-order valence-electron chi connectivity index (χ3n) is 2.57. The number of allylic oxidation sites excluding steroid dienone is 1. The lowest BCUT2D eigenvalue weighted by Crippen LogP contribution is -1.95. The number of benzene rings is 1. The van der Waals surface area contributed by atoms with E-state index in [0.717, 1.165) is 17.7 Å². The number of hydrogen-bond acceptors (Lipinski definition) is 3. The van der Waals surface area contributed by atoms with E-state index in [1.54, 1.807) is 19.2 Å². The quantitative estimate of drug-likeness (QED) is 0.578. The minimum Gasteiger partial charge on any atom is -0.497 e. The Morgan fingerprint density at radius 2 is 2.31 bits per heavy atom. The number of ether oxygens (including phenoxy) is 2. The summed E-state index contributed by atoms with van der Waals surface area (Å²) in [6.07, 6.45) is 4.56. The second-order valence-corrected chi connectivity index (χ2v) is 3.62. The number of carbonyl (C=O) groups excluding carboxylic acids is 1. The molecule has 1 aromatic rings. The van der Waals surface area contributed by atoms with Crippen molar-refractivity contribution < 1.29 is 14.3 Å². The predicted octanol–water partition coefficient (Wildman–Crippen LogP) is 2.87. The molecule has 1 aromatic carbocycles. The molecule has 1 atom stereocenters. The van der Waals surface area contributed by atoms with Crippen molar-refractivity contribution in [1.82, 2.24) is 0 Å². The highest BCUT2D eigenvalue weighted by atomic mass is 16.5. The number of esters is 1. The molecule has 1 unspecified atom stereocenters. The number of hydrogen-bond donors (Lipinski definition) is 0. The van der Waals surface area contributed by atoms with E-state index in [-0.39, 0.29) is 12.1 Å². The fourth-order valence-electron chi connectivity index (χ4n) is 1.73. The largest absolute Gasteiger partial charge is 0.497 e. The van der Waals surface area contributed by atoms with Gasteiger partial charge < -0.3 is 9.47 Å². The van der Waals surface area contributed by atoms with Crippen molar-refractivity contribution in [2.45, 2.75) is 19.4 Å². The van der Waals surface area contributed by atoms with E-state index >= 15 is 0 Å². The Balaban J connectivity index is 2.38. The summed E-state index contributed by atoms with van der Waals surface area (Å²) in [5.74, 6) is 0.482. The first kappa shape index (κ1) is 10.7. The van der Waals surface area contributed by atoms with Gasteiger partial charge >= 0.3 is 5.97 Å². The fraction of sp³-hybridized carbons (Fsp3) is 0.308. The third kappa shape index (κ3) is 1.81. The molecule has 1 heterocycles. The van der Waals surface area contributed by atoms with Crippen molar-refractivity contribution in [1.29, 1.82) is 0 Å². The highest BCUT2D eigenvalue weighted by Gasteiger charge is 2.29. The first-order valence-electron chi connectivity index (χ1n) is 5.32. The van der Waals surface area contributed by atoms with Gasteiger partial charge in [-0.2, -0.15) is 0 Å². The standard InChI is InChI=1S/C13H14O3/c1-3-4-5-12-11-8-9(15-2)6-7-10(11)13(14)16-12/h4-8,12H,3H2,1-2H3. The molecule has 0 spiro atoms. The van der Waals surface area contributed by atoms with Gasteiger partial charge in [-0.15, -0.1) is 0 Å². The molecule has 0 radical (unpaired) electrons. The fourth-order valence-corrected chi connectivity index (χ4v) is 1.73. The van der Waals surface area contributed by atoms with Crippen LogP contribution in [0.3, 0.4) is 0 Å². The monoisotopic (exact) mass is 218 g/mol. The van der Waals surface area contributed by atoms with Crippen LogP contribution in [-0.2, 0) is 4.74 Å². The molecular weight excluding hydrogens is 204 g/mol. The summed E-state index contributed by atoms with van der Waals surface area (Å²) >= 11 is 0. The maximum absolute atomic E-state index is 11.5. The second kappa shape index (κ2) is 4.39. The lowest BCUT2D eigenvalue weighted by Gasteiger charge is -2.06. The van der Waals surface area contributed by atoms with Gasteiger partial charge in [-0.1, -0.05) is 13.0 Å². The van der Waals surface area contributed by atoms with Gasteiger partial charge in [0.15, 0.2) is 0 Å². The van der Waals surface area contributed by atoms with E-state index in [1.165, 1.54) is 0 Å². The van der Waals surface area contributed by atoms with Crippen molar-refractivity contribution in [3.05, 3.63) is 41.5 Å². The molecular formula is C13H14O3. The Morgan fingerprint density at radius 1 is 1.50 bits per heavy atom. The van der Waals surface area contributed by atoms with Crippen LogP contribution in [0, 0.1) is 0 Å². The molecule has 0 aliphatic carbocycles. The van der Waals surface area contributed by atoms with Crippen molar-refractivity contribution in [2.75, 3.05) is 7.11 Å². The molecule has 2 rings (SSSR count). The highest BCUT2D eigenvalue weighted by Crippen LogP contribution is 2.34. The molecule has 16 heavy (non-hydrogen) atoms. The van der Waals surface area contributed by atoms with E-state index < -0.39 is 0 Å². The van der Waals surface area contributed by atoms with Crippen LogP contribution in [0.25, 0.3) is 0 Å². The van der Waals surface area contributed by atoms with Crippen LogP contribution in [0.5, 0.6) is 5.75 Å². The maximum atomic E-state index is 11.5. The van der Waals surface area contributed by atoms with Gasteiger partial charge in [0.1, 0.15) is 11.9 Å². The average Bonchev–Trinajstić information content (AvgIpc) is 2.63. The van der Waals surface area contributed by atoms with Gasteiger partial charge in [-0.25, -0.2) is 4.79 Å². The van der Waals surface area contributed by atoms with E-state index in [4.69, 9.17) is 9.47 Å². The zero-order valence-corrected chi connectivity index (χ0v) is 9.40. The van der Waals surface area contributed by atoms with Gasteiger partial charge in [-0.3, -0.25) is 0 Å². The van der Waals surface area contributed by atoms with Crippen LogP contribution in [0.1, 0.15) is 35.4 Å². The molecule has 3 nitrogen and oxygen atoms in total. The van der Waals surface area contributed by atoms with Gasteiger partial charge in [0.2, 0.25) is 0 Å². The van der Waals surface area contributed by atoms with Gasteiger partial charge in [-0.05, 0) is 30.7 Å². The molecule has 1 aliphatic heterocycles. The van der Waals surface area contributed by atoms with Crippen LogP contribution in [0.4, 0.5) is 0 Å². The highest BCUT2D eigenvalue weighted by molar-refractivity contribution is 5.94. The van der Waals surface area contributed by atoms with Crippen molar-refractivity contribution in [3.63, 3.8) is 0 Å². The summed E-state index contributed by atoms with van der Waals surface area (Å²) in [6.45, 7) is 2.04. The predicted molar refractivity (Wildman–Crippen MR) is 60.6 cm³/mol. The molecule has 0 fully saturated rings. The molecule has 0 bridgehead atoms. The maximum Gasteiger partial charge on any atom is 0.339 e. The summed E-state index contributed by atoms with van der Waals surface area (Å²) in [5, 5.41) is 0. The molecule has 84 valence electrons. The van der Waals surface area contributed by atoms with Gasteiger partial charge in [0.25, 0.3) is 0 Å². The molecule has 0 aromatic heterocycles. The molecule has 0 amide bonds. The topological polar surface area (TPSA) is 35.5 Å². The molecule has 0 saturated heterocycles. The Bertz CT molecular complexity index is 435. The Labute approximate surface area is 94.7 Å². The van der Waals surface area contributed by atoms with E-state index in [2.05, 4.69) is 0 Å². The molecule has 0 N–H and O–H groups in total. The van der Waals surface area contributed by atoms with Crippen LogP contribution in [0.15, 0.2) is 30.4 Å². The lowest BCUT2D eigenvalue weighted by molar-refractivity contribution is 0.0467. The van der Waals surface area contributed by atoms with Crippen LogP contribution < -0.4 is 4.74 Å². The average molecular weight is 218 g/mol. The lowest BCUT2D eigenvalue weighted by atomic mass is 10.0. The van der Waals surface area contributed by atoms with Crippen LogP contribution >= 0.6 is 0 Å². The van der Waals surface area contributed by atoms with Crippen LogP contribution in [-0.4, -0.2) is 13.1 Å². The second-order valence-electron chi connectivity index (χ2n) is 3.62. The number of fused-ring (bicyclic) bond motifs is 1. The Kier molecular flexibility index (Phi) is 2.95. The zero-order valence-electron chi connectivity index (χ0n) is 9.40. The van der Waals surface area contributed by atoms with Crippen molar-refractivity contribution >= 4 is 5.97 Å².